The molecule has 45 heavy (non-hydrogen) atoms. The smallest absolute Gasteiger partial charge is 0.432 e. The van der Waals surface area contributed by atoms with Crippen LogP contribution in [0.1, 0.15) is 19.3 Å². The van der Waals surface area contributed by atoms with Crippen LogP contribution in [0.4, 0.5) is 22.0 Å². The zero-order chi connectivity index (χ0) is 34.2. The highest BCUT2D eigenvalue weighted by atomic mass is 127. The zero-order valence-corrected chi connectivity index (χ0v) is 35.3. The summed E-state index contributed by atoms with van der Waals surface area (Å²) in [5.41, 5.74) is 0. The molecule has 3 unspecified atom stereocenters. The number of rotatable bonds is 8. The Labute approximate surface area is 334 Å². The summed E-state index contributed by atoms with van der Waals surface area (Å²) in [5.74, 6) is -8.00. The SMILES string of the molecule is O=C(Oc1c(I)cc(I)cc1I)C1CC(C(=O)Oc2c(I)cc(I)cc2I)CC(C(=O)OC(C(F)(F)F)C(F)(F)S(=O)(=O)O)C1. The summed E-state index contributed by atoms with van der Waals surface area (Å²) >= 11 is 11.8. The Hall–Kier alpha value is 0.790. The third kappa shape index (κ3) is 10.2. The maximum atomic E-state index is 14.1. The molecule has 9 nitrogen and oxygen atoms in total. The molecule has 21 heteroatoms. The Morgan fingerprint density at radius 2 is 1.00 bits per heavy atom. The third-order valence-electron chi connectivity index (χ3n) is 6.22. The largest absolute Gasteiger partial charge is 0.444 e. The lowest BCUT2D eigenvalue weighted by Gasteiger charge is -2.33. The van der Waals surface area contributed by atoms with Crippen molar-refractivity contribution < 1.29 is 63.5 Å². The highest BCUT2D eigenvalue weighted by Crippen LogP contribution is 2.42. The molecule has 1 fully saturated rings. The van der Waals surface area contributed by atoms with Crippen LogP contribution in [0.2, 0.25) is 0 Å². The number of ether oxygens (including phenoxy) is 3. The molecule has 1 aliphatic carbocycles. The minimum absolute atomic E-state index is 0.151. The van der Waals surface area contributed by atoms with Crippen LogP contribution in [0.25, 0.3) is 0 Å². The molecule has 0 bridgehead atoms. The summed E-state index contributed by atoms with van der Waals surface area (Å²) in [4.78, 5) is 39.6. The number of esters is 3. The first-order chi connectivity index (χ1) is 20.5. The van der Waals surface area contributed by atoms with Gasteiger partial charge in [-0.2, -0.15) is 30.4 Å². The lowest BCUT2D eigenvalue weighted by atomic mass is 9.75. The van der Waals surface area contributed by atoms with Gasteiger partial charge in [0.2, 0.25) is 0 Å². The fourth-order valence-electron chi connectivity index (χ4n) is 4.19. The predicted octanol–water partition coefficient (Wildman–Crippen LogP) is 7.81. The average Bonchev–Trinajstić information content (AvgIpc) is 2.89. The molecule has 0 radical (unpaired) electrons. The second kappa shape index (κ2) is 15.8. The minimum Gasteiger partial charge on any atom is -0.444 e. The van der Waals surface area contributed by atoms with E-state index in [2.05, 4.69) is 4.74 Å². The quantitative estimate of drug-likeness (QED) is 0.0925. The number of hydrogen-bond donors (Lipinski definition) is 1. The van der Waals surface area contributed by atoms with Crippen molar-refractivity contribution in [3.8, 4) is 11.5 Å². The fourth-order valence-corrected chi connectivity index (χ4v) is 12.2. The van der Waals surface area contributed by atoms with Crippen LogP contribution in [0.15, 0.2) is 24.3 Å². The number of carbonyl (C=O) groups is 3. The molecule has 3 rings (SSSR count). The van der Waals surface area contributed by atoms with E-state index in [0.717, 1.165) is 7.14 Å². The molecule has 0 spiro atoms. The summed E-state index contributed by atoms with van der Waals surface area (Å²) < 4.78 is 118. The third-order valence-corrected chi connectivity index (χ3v) is 11.6. The van der Waals surface area contributed by atoms with Gasteiger partial charge in [0.15, 0.2) is 11.5 Å². The number of halogens is 11. The van der Waals surface area contributed by atoms with Crippen molar-refractivity contribution in [1.29, 1.82) is 0 Å². The maximum Gasteiger partial charge on any atom is 0.432 e. The van der Waals surface area contributed by atoms with Crippen molar-refractivity contribution in [2.24, 2.45) is 17.8 Å². The van der Waals surface area contributed by atoms with E-state index in [1.807, 2.05) is 136 Å². The van der Waals surface area contributed by atoms with Gasteiger partial charge in [-0.1, -0.05) is 0 Å². The second-order valence-electron chi connectivity index (χ2n) is 9.43. The van der Waals surface area contributed by atoms with Crippen molar-refractivity contribution in [2.75, 3.05) is 0 Å². The minimum atomic E-state index is -6.68. The Morgan fingerprint density at radius 3 is 1.29 bits per heavy atom. The van der Waals surface area contributed by atoms with Crippen molar-refractivity contribution in [3.05, 3.63) is 45.7 Å². The van der Waals surface area contributed by atoms with E-state index in [9.17, 15) is 44.8 Å². The van der Waals surface area contributed by atoms with Crippen molar-refractivity contribution in [3.63, 3.8) is 0 Å². The van der Waals surface area contributed by atoms with Gasteiger partial charge in [0.1, 0.15) is 0 Å². The van der Waals surface area contributed by atoms with Crippen molar-refractivity contribution >= 4 is 164 Å². The first kappa shape index (κ1) is 40.2. The van der Waals surface area contributed by atoms with E-state index in [-0.39, 0.29) is 17.9 Å². The maximum absolute atomic E-state index is 14.1. The van der Waals surface area contributed by atoms with E-state index in [4.69, 9.17) is 14.0 Å². The van der Waals surface area contributed by atoms with Crippen LogP contribution in [0.5, 0.6) is 11.5 Å². The zero-order valence-electron chi connectivity index (χ0n) is 21.5. The number of carbonyl (C=O) groups excluding carboxylic acids is 3. The highest BCUT2D eigenvalue weighted by Gasteiger charge is 2.66. The first-order valence-electron chi connectivity index (χ1n) is 11.9. The molecule has 0 saturated heterocycles. The van der Waals surface area contributed by atoms with Crippen LogP contribution in [-0.4, -0.2) is 48.4 Å². The Bertz CT molecular complexity index is 1500. The van der Waals surface area contributed by atoms with E-state index < -0.39 is 76.2 Å². The van der Waals surface area contributed by atoms with Crippen LogP contribution in [0, 0.1) is 39.2 Å². The van der Waals surface area contributed by atoms with E-state index in [1.165, 1.54) is 0 Å². The molecule has 2 aromatic carbocycles. The summed E-state index contributed by atoms with van der Waals surface area (Å²) in [7, 11) is -6.68. The van der Waals surface area contributed by atoms with Gasteiger partial charge in [0.25, 0.3) is 6.10 Å². The Kier molecular flexibility index (Phi) is 14.1. The number of benzene rings is 2. The predicted molar refractivity (Wildman–Crippen MR) is 197 cm³/mol. The molecular formula is C24H15F5I6O9S. The molecule has 3 atom stereocenters. The van der Waals surface area contributed by atoms with E-state index >= 15 is 0 Å². The van der Waals surface area contributed by atoms with Gasteiger partial charge >= 0.3 is 39.5 Å². The molecule has 1 saturated carbocycles. The van der Waals surface area contributed by atoms with Crippen molar-refractivity contribution in [1.82, 2.24) is 0 Å². The number of alkyl halides is 5. The normalized spacial score (nSPS) is 19.9. The monoisotopic (exact) mass is 1340 g/mol. The Morgan fingerprint density at radius 1 is 0.689 bits per heavy atom. The van der Waals surface area contributed by atoms with Gasteiger partial charge in [-0.25, -0.2) is 0 Å². The van der Waals surface area contributed by atoms with Crippen LogP contribution >= 0.6 is 136 Å². The molecule has 1 N–H and O–H groups in total. The summed E-state index contributed by atoms with van der Waals surface area (Å²) in [6.07, 6.45) is -12.1. The van der Waals surface area contributed by atoms with E-state index in [1.54, 1.807) is 24.3 Å². The van der Waals surface area contributed by atoms with Gasteiger partial charge in [0, 0.05) is 7.14 Å². The molecule has 1 aliphatic rings. The standard InChI is InChI=1S/C24H15F5I6O9S/c25-23(26,27)22(24(28,29)45(39,40)41)44-21(38)10-2-8(19(36)42-17-13(32)4-11(30)5-14(17)33)1-9(3-10)20(37)43-18-15(34)6-12(31)7-16(18)35/h4-10,22H,1-3H2,(H,39,40,41). The highest BCUT2D eigenvalue weighted by molar-refractivity contribution is 14.1. The summed E-state index contributed by atoms with van der Waals surface area (Å²) in [6, 6.07) is 6.79. The van der Waals surface area contributed by atoms with Gasteiger partial charge in [-0.3, -0.25) is 18.9 Å². The van der Waals surface area contributed by atoms with Gasteiger partial charge in [-0.15, -0.1) is 0 Å². The second-order valence-corrected chi connectivity index (χ2v) is 18.1. The van der Waals surface area contributed by atoms with Gasteiger partial charge in [0.05, 0.1) is 32.0 Å². The average molecular weight is 1340 g/mol. The van der Waals surface area contributed by atoms with Crippen LogP contribution < -0.4 is 9.47 Å². The molecule has 2 aromatic rings. The molecule has 248 valence electrons. The number of hydrogen-bond acceptors (Lipinski definition) is 8. The molecular weight excluding hydrogens is 1320 g/mol. The lowest BCUT2D eigenvalue weighted by molar-refractivity contribution is -0.261. The molecule has 0 aliphatic heterocycles. The summed E-state index contributed by atoms with van der Waals surface area (Å²) in [5, 5.41) is -5.96. The first-order valence-corrected chi connectivity index (χ1v) is 19.8. The van der Waals surface area contributed by atoms with E-state index in [0.29, 0.717) is 14.3 Å². The molecule has 0 aromatic heterocycles. The van der Waals surface area contributed by atoms with Gasteiger partial charge in [-0.05, 0) is 179 Å². The van der Waals surface area contributed by atoms with Crippen LogP contribution in [0.3, 0.4) is 0 Å². The fraction of sp³-hybridized carbons (Fsp3) is 0.375. The van der Waals surface area contributed by atoms with Crippen molar-refractivity contribution in [2.45, 2.75) is 36.8 Å². The summed E-state index contributed by atoms with van der Waals surface area (Å²) in [6.45, 7) is 0. The Balaban J connectivity index is 1.96. The van der Waals surface area contributed by atoms with Gasteiger partial charge < -0.3 is 14.2 Å². The topological polar surface area (TPSA) is 133 Å². The van der Waals surface area contributed by atoms with Crippen LogP contribution in [-0.2, 0) is 29.2 Å². The molecule has 0 heterocycles. The molecule has 0 amide bonds. The lowest BCUT2D eigenvalue weighted by Crippen LogP contribution is -2.53.